The number of rotatable bonds is 5. The molecule has 2 atom stereocenters. The lowest BCUT2D eigenvalue weighted by molar-refractivity contribution is 0.326. The molecular formula is C20H24N4O2S. The zero-order valence-corrected chi connectivity index (χ0v) is 16.0. The molecule has 1 saturated carbocycles. The Bertz CT molecular complexity index is 944. The van der Waals surface area contributed by atoms with Gasteiger partial charge in [-0.1, -0.05) is 30.3 Å². The Kier molecular flexibility index (Phi) is 4.16. The van der Waals surface area contributed by atoms with E-state index in [0.29, 0.717) is 12.5 Å². The molecule has 2 aliphatic heterocycles. The van der Waals surface area contributed by atoms with Gasteiger partial charge in [-0.3, -0.25) is 4.90 Å². The van der Waals surface area contributed by atoms with Crippen LogP contribution in [0.4, 0.5) is 5.95 Å². The van der Waals surface area contributed by atoms with E-state index in [1.54, 1.807) is 6.20 Å². The predicted molar refractivity (Wildman–Crippen MR) is 104 cm³/mol. The molecule has 0 unspecified atom stereocenters. The predicted octanol–water partition coefficient (Wildman–Crippen LogP) is 2.19. The Morgan fingerprint density at radius 3 is 2.74 bits per heavy atom. The van der Waals surface area contributed by atoms with E-state index in [1.807, 2.05) is 18.2 Å². The molecule has 6 nitrogen and oxygen atoms in total. The van der Waals surface area contributed by atoms with Crippen molar-refractivity contribution >= 4 is 15.8 Å². The third kappa shape index (κ3) is 3.46. The second-order valence-electron chi connectivity index (χ2n) is 8.06. The van der Waals surface area contributed by atoms with Crippen molar-refractivity contribution in [1.82, 2.24) is 14.9 Å². The van der Waals surface area contributed by atoms with E-state index in [1.165, 1.54) is 18.4 Å². The molecule has 0 radical (unpaired) electrons. The molecule has 3 aliphatic rings. The monoisotopic (exact) mass is 384 g/mol. The van der Waals surface area contributed by atoms with Crippen LogP contribution in [0.1, 0.15) is 35.6 Å². The molecule has 3 heterocycles. The molecule has 142 valence electrons. The zero-order valence-electron chi connectivity index (χ0n) is 15.2. The summed E-state index contributed by atoms with van der Waals surface area (Å²) in [4.78, 5) is 11.4. The summed E-state index contributed by atoms with van der Waals surface area (Å²) in [5.74, 6) is 1.38. The molecule has 1 aromatic heterocycles. The highest BCUT2D eigenvalue weighted by atomic mass is 32.2. The minimum atomic E-state index is -3.17. The highest BCUT2D eigenvalue weighted by molar-refractivity contribution is 7.91. The third-order valence-electron chi connectivity index (χ3n) is 5.90. The summed E-state index contributed by atoms with van der Waals surface area (Å²) < 4.78 is 25.7. The van der Waals surface area contributed by atoms with Crippen LogP contribution in [0.2, 0.25) is 0 Å². The van der Waals surface area contributed by atoms with Crippen molar-refractivity contribution in [3.8, 4) is 0 Å². The molecule has 0 bridgehead atoms. The molecule has 1 aromatic carbocycles. The summed E-state index contributed by atoms with van der Waals surface area (Å²) >= 11 is 0. The quantitative estimate of drug-likeness (QED) is 0.852. The second kappa shape index (κ2) is 6.56. The summed E-state index contributed by atoms with van der Waals surface area (Å²) in [7, 11) is -3.17. The van der Waals surface area contributed by atoms with Gasteiger partial charge < -0.3 is 5.32 Å². The number of sulfone groups is 1. The van der Waals surface area contributed by atoms with Gasteiger partial charge in [-0.05, 0) is 24.3 Å². The van der Waals surface area contributed by atoms with E-state index in [9.17, 15) is 8.42 Å². The molecule has 5 rings (SSSR count). The molecule has 1 aliphatic carbocycles. The van der Waals surface area contributed by atoms with E-state index in [0.717, 1.165) is 36.8 Å². The first-order valence-corrected chi connectivity index (χ1v) is 11.4. The van der Waals surface area contributed by atoms with Gasteiger partial charge in [-0.25, -0.2) is 18.4 Å². The number of likely N-dealkylation sites (tertiary alicyclic amines) is 1. The minimum Gasteiger partial charge on any atom is -0.354 e. The van der Waals surface area contributed by atoms with Crippen molar-refractivity contribution < 1.29 is 8.42 Å². The number of nitrogens with zero attached hydrogens (tertiary/aromatic N) is 3. The maximum atomic E-state index is 12.8. The average Bonchev–Trinajstić information content (AvgIpc) is 3.39. The van der Waals surface area contributed by atoms with Crippen LogP contribution in [-0.4, -0.2) is 48.2 Å². The second-order valence-corrected chi connectivity index (χ2v) is 10.3. The summed E-state index contributed by atoms with van der Waals surface area (Å²) in [6, 6.07) is 10.2. The molecule has 2 aromatic rings. The van der Waals surface area contributed by atoms with Crippen molar-refractivity contribution in [3.63, 3.8) is 0 Å². The van der Waals surface area contributed by atoms with Crippen molar-refractivity contribution in [1.29, 1.82) is 0 Å². The fourth-order valence-corrected chi connectivity index (χ4v) is 6.29. The van der Waals surface area contributed by atoms with Crippen LogP contribution < -0.4 is 5.32 Å². The first-order chi connectivity index (χ1) is 13.1. The van der Waals surface area contributed by atoms with Crippen LogP contribution in [0.3, 0.4) is 0 Å². The van der Waals surface area contributed by atoms with Crippen molar-refractivity contribution in [2.45, 2.75) is 36.3 Å². The van der Waals surface area contributed by atoms with E-state index in [4.69, 9.17) is 4.98 Å². The number of fused-ring (bicyclic) bond motifs is 3. The summed E-state index contributed by atoms with van der Waals surface area (Å²) in [6.07, 6.45) is 4.26. The fraction of sp³-hybridized carbons (Fsp3) is 0.500. The van der Waals surface area contributed by atoms with E-state index in [-0.39, 0.29) is 16.9 Å². The van der Waals surface area contributed by atoms with Crippen LogP contribution in [0.5, 0.6) is 0 Å². The van der Waals surface area contributed by atoms with Gasteiger partial charge in [0.05, 0.1) is 16.7 Å². The van der Waals surface area contributed by atoms with Crippen LogP contribution in [0.25, 0.3) is 0 Å². The van der Waals surface area contributed by atoms with E-state index >= 15 is 0 Å². The lowest BCUT2D eigenvalue weighted by Crippen LogP contribution is -2.35. The van der Waals surface area contributed by atoms with Gasteiger partial charge in [0.25, 0.3) is 0 Å². The molecule has 7 heteroatoms. The number of nitrogens with one attached hydrogen (secondary N) is 1. The lowest BCUT2D eigenvalue weighted by Gasteiger charge is -2.26. The number of benzene rings is 1. The number of hydrogen-bond acceptors (Lipinski definition) is 6. The number of anilines is 1. The smallest absolute Gasteiger partial charge is 0.222 e. The molecule has 2 fully saturated rings. The largest absolute Gasteiger partial charge is 0.354 e. The summed E-state index contributed by atoms with van der Waals surface area (Å²) in [6.45, 7) is 2.99. The highest BCUT2D eigenvalue weighted by Gasteiger charge is 2.47. The van der Waals surface area contributed by atoms with E-state index < -0.39 is 9.84 Å². The van der Waals surface area contributed by atoms with Crippen LogP contribution >= 0.6 is 0 Å². The first-order valence-electron chi connectivity index (χ1n) is 9.66. The normalized spacial score (nSPS) is 26.4. The summed E-state index contributed by atoms with van der Waals surface area (Å²) in [5.41, 5.74) is 2.91. The number of hydrogen-bond donors (Lipinski definition) is 1. The molecule has 0 amide bonds. The minimum absolute atomic E-state index is 0.0611. The maximum Gasteiger partial charge on any atom is 0.222 e. The van der Waals surface area contributed by atoms with Crippen molar-refractivity contribution in [2.24, 2.45) is 5.92 Å². The van der Waals surface area contributed by atoms with Gasteiger partial charge in [0, 0.05) is 43.9 Å². The van der Waals surface area contributed by atoms with Crippen LogP contribution in [-0.2, 0) is 22.1 Å². The molecule has 0 spiro atoms. The third-order valence-corrected chi connectivity index (χ3v) is 8.02. The van der Waals surface area contributed by atoms with Gasteiger partial charge >= 0.3 is 0 Å². The highest BCUT2D eigenvalue weighted by Crippen LogP contribution is 2.40. The van der Waals surface area contributed by atoms with Gasteiger partial charge in [-0.2, -0.15) is 0 Å². The van der Waals surface area contributed by atoms with E-state index in [2.05, 4.69) is 27.3 Å². The Morgan fingerprint density at radius 1 is 1.15 bits per heavy atom. The summed E-state index contributed by atoms with van der Waals surface area (Å²) in [5, 5.41) is 2.96. The Balaban J connectivity index is 1.40. The Morgan fingerprint density at radius 2 is 1.96 bits per heavy atom. The van der Waals surface area contributed by atoms with Gasteiger partial charge in [0.15, 0.2) is 9.84 Å². The standard InChI is InChI=1S/C20H24N4O2S/c25-27(26)13-16-9-22-20(21-8-14-6-7-14)23-19(16)17-11-24(12-18(17)27)10-15-4-2-1-3-5-15/h1-5,9,14,17-18H,6-8,10-13H2,(H,21,22,23)/t17-,18+/m1/s1. The Hall–Kier alpha value is -1.99. The topological polar surface area (TPSA) is 75.2 Å². The zero-order chi connectivity index (χ0) is 18.4. The Labute approximate surface area is 159 Å². The van der Waals surface area contributed by atoms with Gasteiger partial charge in [0.2, 0.25) is 5.95 Å². The molecule has 1 saturated heterocycles. The molecular weight excluding hydrogens is 360 g/mol. The average molecular weight is 385 g/mol. The molecule has 1 N–H and O–H groups in total. The van der Waals surface area contributed by atoms with Crippen LogP contribution in [0, 0.1) is 5.92 Å². The van der Waals surface area contributed by atoms with Crippen molar-refractivity contribution in [2.75, 3.05) is 25.0 Å². The van der Waals surface area contributed by atoms with Gasteiger partial charge in [-0.15, -0.1) is 0 Å². The SMILES string of the molecule is O=S1(=O)Cc2cnc(NCC3CC3)nc2[C@@H]2CN(Cc3ccccc3)C[C@@H]21. The maximum absolute atomic E-state index is 12.8. The number of aromatic nitrogens is 2. The fourth-order valence-electron chi connectivity index (χ4n) is 4.27. The molecule has 27 heavy (non-hydrogen) atoms. The lowest BCUT2D eigenvalue weighted by atomic mass is 10.00. The van der Waals surface area contributed by atoms with Gasteiger partial charge in [0.1, 0.15) is 0 Å². The first kappa shape index (κ1) is 17.1. The van der Waals surface area contributed by atoms with Crippen molar-refractivity contribution in [3.05, 3.63) is 53.3 Å². The van der Waals surface area contributed by atoms with Crippen LogP contribution in [0.15, 0.2) is 36.5 Å².